The summed E-state index contributed by atoms with van der Waals surface area (Å²) in [6.07, 6.45) is 0. The zero-order valence-corrected chi connectivity index (χ0v) is 13.4. The van der Waals surface area contributed by atoms with Gasteiger partial charge in [0, 0.05) is 38.4 Å². The van der Waals surface area contributed by atoms with Crippen molar-refractivity contribution in [1.29, 1.82) is 0 Å². The van der Waals surface area contributed by atoms with Crippen LogP contribution in [0, 0.1) is 0 Å². The quantitative estimate of drug-likeness (QED) is 0.766. The van der Waals surface area contributed by atoms with Crippen molar-refractivity contribution in [3.63, 3.8) is 0 Å². The molecular weight excluding hydrogens is 286 g/mol. The van der Waals surface area contributed by atoms with Crippen LogP contribution in [0.4, 0.5) is 5.69 Å². The van der Waals surface area contributed by atoms with Gasteiger partial charge >= 0.3 is 0 Å². The number of anilines is 1. The van der Waals surface area contributed by atoms with Crippen LogP contribution in [-0.2, 0) is 6.54 Å². The van der Waals surface area contributed by atoms with E-state index in [1.807, 2.05) is 6.07 Å². The summed E-state index contributed by atoms with van der Waals surface area (Å²) in [5.41, 5.74) is 3.56. The summed E-state index contributed by atoms with van der Waals surface area (Å²) in [6, 6.07) is 18.9. The minimum atomic E-state index is 0.0975. The van der Waals surface area contributed by atoms with Gasteiger partial charge < -0.3 is 15.7 Å². The number of aliphatic hydroxyl groups is 1. The van der Waals surface area contributed by atoms with Gasteiger partial charge in [0.15, 0.2) is 0 Å². The minimum absolute atomic E-state index is 0.0975. The summed E-state index contributed by atoms with van der Waals surface area (Å²) in [5, 5.41) is 16.6. The molecule has 1 aliphatic heterocycles. The van der Waals surface area contributed by atoms with Crippen LogP contribution in [-0.4, -0.2) is 42.8 Å². The predicted octanol–water partition coefficient (Wildman–Crippen LogP) is 2.24. The third-order valence-corrected chi connectivity index (χ3v) is 4.40. The highest BCUT2D eigenvalue weighted by Crippen LogP contribution is 2.22. The van der Waals surface area contributed by atoms with E-state index in [1.54, 1.807) is 0 Å². The Labute approximate surface area is 138 Å². The van der Waals surface area contributed by atoms with Crippen LogP contribution in [0.3, 0.4) is 0 Å². The lowest BCUT2D eigenvalue weighted by molar-refractivity contribution is 0.111. The van der Waals surface area contributed by atoms with Gasteiger partial charge in [0.05, 0.1) is 12.6 Å². The van der Waals surface area contributed by atoms with Crippen molar-refractivity contribution in [2.75, 3.05) is 38.1 Å². The molecule has 1 saturated heterocycles. The molecule has 1 aliphatic rings. The topological polar surface area (TPSA) is 47.5 Å². The van der Waals surface area contributed by atoms with Crippen LogP contribution < -0.4 is 10.6 Å². The van der Waals surface area contributed by atoms with Crippen LogP contribution in [0.2, 0.25) is 0 Å². The summed E-state index contributed by atoms with van der Waals surface area (Å²) < 4.78 is 0. The number of rotatable bonds is 6. The maximum Gasteiger partial charge on any atom is 0.0628 e. The molecule has 1 fully saturated rings. The molecule has 23 heavy (non-hydrogen) atoms. The molecule has 2 aromatic carbocycles. The molecule has 2 aromatic rings. The highest BCUT2D eigenvalue weighted by atomic mass is 16.3. The van der Waals surface area contributed by atoms with E-state index in [1.165, 1.54) is 11.1 Å². The Balaban J connectivity index is 1.61. The SMILES string of the molecule is OC[C@@H](c1ccc(NCc2ccccc2)cc1)N1CCNCC1. The second kappa shape index (κ2) is 8.11. The average Bonchev–Trinajstić information content (AvgIpc) is 2.63. The van der Waals surface area contributed by atoms with Crippen molar-refractivity contribution in [2.24, 2.45) is 0 Å². The number of nitrogens with zero attached hydrogens (tertiary/aromatic N) is 1. The monoisotopic (exact) mass is 311 g/mol. The van der Waals surface area contributed by atoms with Gasteiger partial charge in [0.1, 0.15) is 0 Å². The zero-order chi connectivity index (χ0) is 15.9. The molecule has 0 bridgehead atoms. The first-order valence-electron chi connectivity index (χ1n) is 8.30. The largest absolute Gasteiger partial charge is 0.394 e. The summed E-state index contributed by atoms with van der Waals surface area (Å²) >= 11 is 0. The number of benzene rings is 2. The lowest BCUT2D eigenvalue weighted by Gasteiger charge is -2.34. The molecule has 0 saturated carbocycles. The van der Waals surface area contributed by atoms with E-state index in [2.05, 4.69) is 64.1 Å². The van der Waals surface area contributed by atoms with E-state index in [0.717, 1.165) is 38.4 Å². The van der Waals surface area contributed by atoms with Gasteiger partial charge in [-0.3, -0.25) is 4.90 Å². The smallest absolute Gasteiger partial charge is 0.0628 e. The molecule has 122 valence electrons. The molecule has 3 N–H and O–H groups in total. The number of hydrogen-bond donors (Lipinski definition) is 3. The standard InChI is InChI=1S/C19H25N3O/c23-15-19(22-12-10-20-11-13-22)17-6-8-18(9-7-17)21-14-16-4-2-1-3-5-16/h1-9,19-21,23H,10-15H2/t19-/m0/s1. The molecule has 1 heterocycles. The Bertz CT molecular complexity index is 579. The molecular formula is C19H25N3O. The summed E-state index contributed by atoms with van der Waals surface area (Å²) in [4.78, 5) is 2.35. The van der Waals surface area contributed by atoms with Gasteiger partial charge in [-0.15, -0.1) is 0 Å². The molecule has 0 unspecified atom stereocenters. The fraction of sp³-hybridized carbons (Fsp3) is 0.368. The third-order valence-electron chi connectivity index (χ3n) is 4.40. The molecule has 0 amide bonds. The van der Waals surface area contributed by atoms with Crippen LogP contribution in [0.15, 0.2) is 54.6 Å². The van der Waals surface area contributed by atoms with Crippen molar-refractivity contribution in [3.8, 4) is 0 Å². The normalized spacial score (nSPS) is 16.9. The highest BCUT2D eigenvalue weighted by molar-refractivity contribution is 5.45. The van der Waals surface area contributed by atoms with Gasteiger partial charge in [0.2, 0.25) is 0 Å². The van der Waals surface area contributed by atoms with Crippen molar-refractivity contribution < 1.29 is 5.11 Å². The number of hydrogen-bond acceptors (Lipinski definition) is 4. The van der Waals surface area contributed by atoms with Gasteiger partial charge in [0.25, 0.3) is 0 Å². The van der Waals surface area contributed by atoms with Crippen LogP contribution in [0.1, 0.15) is 17.2 Å². The highest BCUT2D eigenvalue weighted by Gasteiger charge is 2.21. The summed E-state index contributed by atoms with van der Waals surface area (Å²) in [6.45, 7) is 4.94. The molecule has 0 aliphatic carbocycles. The Morgan fingerprint density at radius 3 is 2.35 bits per heavy atom. The lowest BCUT2D eigenvalue weighted by atomic mass is 10.0. The molecule has 3 rings (SSSR count). The Morgan fingerprint density at radius 1 is 1.00 bits per heavy atom. The first kappa shape index (κ1) is 16.0. The second-order valence-corrected chi connectivity index (χ2v) is 5.95. The van der Waals surface area contributed by atoms with Gasteiger partial charge in [-0.05, 0) is 23.3 Å². The van der Waals surface area contributed by atoms with Crippen molar-refractivity contribution in [1.82, 2.24) is 10.2 Å². The number of aliphatic hydroxyl groups excluding tert-OH is 1. The maximum absolute atomic E-state index is 9.78. The van der Waals surface area contributed by atoms with E-state index < -0.39 is 0 Å². The van der Waals surface area contributed by atoms with Crippen molar-refractivity contribution >= 4 is 5.69 Å². The molecule has 4 nitrogen and oxygen atoms in total. The maximum atomic E-state index is 9.78. The first-order chi connectivity index (χ1) is 11.4. The zero-order valence-electron chi connectivity index (χ0n) is 13.4. The van der Waals surface area contributed by atoms with Crippen LogP contribution in [0.5, 0.6) is 0 Å². The Kier molecular flexibility index (Phi) is 5.64. The van der Waals surface area contributed by atoms with Crippen molar-refractivity contribution in [3.05, 3.63) is 65.7 Å². The van der Waals surface area contributed by atoms with Gasteiger partial charge in [-0.2, -0.15) is 0 Å². The van der Waals surface area contributed by atoms with Crippen LogP contribution in [0.25, 0.3) is 0 Å². The van der Waals surface area contributed by atoms with E-state index in [9.17, 15) is 5.11 Å². The van der Waals surface area contributed by atoms with Gasteiger partial charge in [-0.25, -0.2) is 0 Å². The number of piperazine rings is 1. The molecule has 0 spiro atoms. The predicted molar refractivity (Wildman–Crippen MR) is 94.5 cm³/mol. The first-order valence-corrected chi connectivity index (χ1v) is 8.30. The molecule has 1 atom stereocenters. The lowest BCUT2D eigenvalue weighted by Crippen LogP contribution is -2.46. The third kappa shape index (κ3) is 4.32. The summed E-state index contributed by atoms with van der Waals surface area (Å²) in [5.74, 6) is 0. The van der Waals surface area contributed by atoms with E-state index >= 15 is 0 Å². The van der Waals surface area contributed by atoms with Crippen LogP contribution >= 0.6 is 0 Å². The fourth-order valence-corrected chi connectivity index (χ4v) is 3.05. The molecule has 4 heteroatoms. The van der Waals surface area contributed by atoms with Gasteiger partial charge in [-0.1, -0.05) is 42.5 Å². The number of nitrogens with one attached hydrogen (secondary N) is 2. The fourth-order valence-electron chi connectivity index (χ4n) is 3.05. The van der Waals surface area contributed by atoms with E-state index in [4.69, 9.17) is 0 Å². The Morgan fingerprint density at radius 2 is 1.70 bits per heavy atom. The minimum Gasteiger partial charge on any atom is -0.394 e. The Hall–Kier alpha value is -1.88. The molecule has 0 aromatic heterocycles. The average molecular weight is 311 g/mol. The molecule has 0 radical (unpaired) electrons. The second-order valence-electron chi connectivity index (χ2n) is 5.95. The summed E-state index contributed by atoms with van der Waals surface area (Å²) in [7, 11) is 0. The van der Waals surface area contributed by atoms with E-state index in [-0.39, 0.29) is 12.6 Å². The van der Waals surface area contributed by atoms with Crippen molar-refractivity contribution in [2.45, 2.75) is 12.6 Å². The van der Waals surface area contributed by atoms with E-state index in [0.29, 0.717) is 0 Å².